The van der Waals surface area contributed by atoms with Crippen molar-refractivity contribution in [2.24, 2.45) is 0 Å². The van der Waals surface area contributed by atoms with Crippen LogP contribution >= 0.6 is 0 Å². The van der Waals surface area contributed by atoms with Crippen LogP contribution in [0.25, 0.3) is 0 Å². The van der Waals surface area contributed by atoms with Crippen molar-refractivity contribution in [1.82, 2.24) is 15.2 Å². The number of nitrogens with one attached hydrogen (secondary N) is 1. The van der Waals surface area contributed by atoms with Crippen LogP contribution in [0, 0.1) is 0 Å². The molecule has 1 aliphatic heterocycles. The molecule has 0 radical (unpaired) electrons. The fraction of sp³-hybridized carbons (Fsp3) is 0.500. The highest BCUT2D eigenvalue weighted by Gasteiger charge is 2.21. The van der Waals surface area contributed by atoms with Gasteiger partial charge in [-0.2, -0.15) is 0 Å². The van der Waals surface area contributed by atoms with Crippen LogP contribution in [0.15, 0.2) is 18.3 Å². The average Bonchev–Trinajstić information content (AvgIpc) is 2.47. The molecule has 1 saturated heterocycles. The van der Waals surface area contributed by atoms with Crippen LogP contribution < -0.4 is 5.32 Å². The summed E-state index contributed by atoms with van der Waals surface area (Å²) in [4.78, 5) is 28.8. The van der Waals surface area contributed by atoms with Gasteiger partial charge in [0.15, 0.2) is 0 Å². The number of pyridine rings is 1. The molecule has 1 fully saturated rings. The second-order valence-electron chi connectivity index (χ2n) is 4.94. The van der Waals surface area contributed by atoms with Gasteiger partial charge in [-0.25, -0.2) is 9.78 Å². The number of aromatic nitrogens is 1. The molecule has 2 rings (SSSR count). The Labute approximate surface area is 117 Å². The van der Waals surface area contributed by atoms with Crippen molar-refractivity contribution in [3.05, 3.63) is 29.6 Å². The predicted molar refractivity (Wildman–Crippen MR) is 73.8 cm³/mol. The van der Waals surface area contributed by atoms with E-state index >= 15 is 0 Å². The Bertz CT molecular complexity index is 487. The molecule has 20 heavy (non-hydrogen) atoms. The number of carbonyl (C=O) groups excluding carboxylic acids is 1. The Morgan fingerprint density at radius 2 is 2.30 bits per heavy atom. The lowest BCUT2D eigenvalue weighted by Crippen LogP contribution is -2.47. The maximum Gasteiger partial charge on any atom is 0.354 e. The first-order valence-electron chi connectivity index (χ1n) is 6.82. The van der Waals surface area contributed by atoms with Gasteiger partial charge in [0, 0.05) is 18.8 Å². The third kappa shape index (κ3) is 3.54. The molecule has 1 amide bonds. The van der Waals surface area contributed by atoms with Crippen molar-refractivity contribution in [2.45, 2.75) is 25.8 Å². The second kappa shape index (κ2) is 6.47. The van der Waals surface area contributed by atoms with E-state index in [1.807, 2.05) is 0 Å². The smallest absolute Gasteiger partial charge is 0.354 e. The Hall–Kier alpha value is -1.95. The molecule has 0 aliphatic carbocycles. The molecule has 6 nitrogen and oxygen atoms in total. The minimum absolute atomic E-state index is 0.0589. The maximum atomic E-state index is 12.1. The van der Waals surface area contributed by atoms with E-state index in [1.54, 1.807) is 0 Å². The first-order valence-corrected chi connectivity index (χ1v) is 6.82. The number of hydrogen-bond donors (Lipinski definition) is 2. The average molecular weight is 277 g/mol. The Balaban J connectivity index is 1.95. The normalized spacial score (nSPS) is 19.6. The second-order valence-corrected chi connectivity index (χ2v) is 4.94. The summed E-state index contributed by atoms with van der Waals surface area (Å²) < 4.78 is 0. The number of rotatable bonds is 4. The number of carboxylic acid groups (broad SMARTS) is 1. The molecule has 1 aromatic heterocycles. The molecular weight excluding hydrogens is 258 g/mol. The fourth-order valence-corrected chi connectivity index (χ4v) is 2.38. The van der Waals surface area contributed by atoms with Crippen molar-refractivity contribution in [3.63, 3.8) is 0 Å². The maximum absolute atomic E-state index is 12.1. The van der Waals surface area contributed by atoms with Crippen molar-refractivity contribution >= 4 is 11.9 Å². The standard InChI is InChI=1S/C14H19N3O3/c1-2-17-7-3-4-11(9-17)16-13(18)10-5-6-12(14(19)20)15-8-10/h5-6,8,11H,2-4,7,9H2,1H3,(H,16,18)(H,19,20). The summed E-state index contributed by atoms with van der Waals surface area (Å²) in [6, 6.07) is 2.98. The number of likely N-dealkylation sites (tertiary alicyclic amines) is 1. The van der Waals surface area contributed by atoms with Crippen LogP contribution in [0.2, 0.25) is 0 Å². The quantitative estimate of drug-likeness (QED) is 0.857. The summed E-state index contributed by atoms with van der Waals surface area (Å²) in [7, 11) is 0. The topological polar surface area (TPSA) is 82.5 Å². The highest BCUT2D eigenvalue weighted by Crippen LogP contribution is 2.10. The number of nitrogens with zero attached hydrogens (tertiary/aromatic N) is 2. The number of hydrogen-bond acceptors (Lipinski definition) is 4. The Morgan fingerprint density at radius 1 is 1.50 bits per heavy atom. The molecule has 0 bridgehead atoms. The van der Waals surface area contributed by atoms with Gasteiger partial charge in [-0.15, -0.1) is 0 Å². The zero-order chi connectivity index (χ0) is 14.5. The van der Waals surface area contributed by atoms with E-state index in [0.29, 0.717) is 5.56 Å². The first-order chi connectivity index (χ1) is 9.60. The Morgan fingerprint density at radius 3 is 2.90 bits per heavy atom. The molecule has 1 aromatic rings. The van der Waals surface area contributed by atoms with Crippen molar-refractivity contribution in [1.29, 1.82) is 0 Å². The van der Waals surface area contributed by atoms with E-state index in [4.69, 9.17) is 5.11 Å². The summed E-state index contributed by atoms with van der Waals surface area (Å²) in [5, 5.41) is 11.7. The van der Waals surface area contributed by atoms with E-state index in [0.717, 1.165) is 32.5 Å². The molecule has 1 aliphatic rings. The number of carbonyl (C=O) groups is 2. The monoisotopic (exact) mass is 277 g/mol. The van der Waals surface area contributed by atoms with Gasteiger partial charge in [0.25, 0.3) is 5.91 Å². The number of likely N-dealkylation sites (N-methyl/N-ethyl adjacent to an activating group) is 1. The largest absolute Gasteiger partial charge is 0.477 e. The van der Waals surface area contributed by atoms with Gasteiger partial charge in [-0.1, -0.05) is 6.92 Å². The highest BCUT2D eigenvalue weighted by atomic mass is 16.4. The minimum atomic E-state index is -1.09. The Kier molecular flexibility index (Phi) is 4.68. The van der Waals surface area contributed by atoms with E-state index < -0.39 is 5.97 Å². The number of amides is 1. The molecule has 2 heterocycles. The third-order valence-electron chi connectivity index (χ3n) is 3.53. The highest BCUT2D eigenvalue weighted by molar-refractivity contribution is 5.95. The fourth-order valence-electron chi connectivity index (χ4n) is 2.38. The number of carboxylic acids is 1. The van der Waals surface area contributed by atoms with E-state index in [9.17, 15) is 9.59 Å². The summed E-state index contributed by atoms with van der Waals surface area (Å²) in [6.07, 6.45) is 3.36. The minimum Gasteiger partial charge on any atom is -0.477 e. The van der Waals surface area contributed by atoms with Crippen LogP contribution in [0.4, 0.5) is 0 Å². The van der Waals surface area contributed by atoms with Crippen LogP contribution in [0.1, 0.15) is 40.6 Å². The van der Waals surface area contributed by atoms with Gasteiger partial charge in [0.2, 0.25) is 0 Å². The summed E-state index contributed by atoms with van der Waals surface area (Å²) in [6.45, 7) is 5.04. The molecule has 6 heteroatoms. The molecule has 1 atom stereocenters. The lowest BCUT2D eigenvalue weighted by molar-refractivity contribution is 0.0689. The van der Waals surface area contributed by atoms with Gasteiger partial charge < -0.3 is 15.3 Å². The summed E-state index contributed by atoms with van der Waals surface area (Å²) in [5.74, 6) is -1.29. The molecule has 2 N–H and O–H groups in total. The molecule has 0 spiro atoms. The zero-order valence-electron chi connectivity index (χ0n) is 11.5. The van der Waals surface area contributed by atoms with Gasteiger partial charge in [-0.3, -0.25) is 4.79 Å². The third-order valence-corrected chi connectivity index (χ3v) is 3.53. The first kappa shape index (κ1) is 14.5. The van der Waals surface area contributed by atoms with Crippen LogP contribution in [-0.2, 0) is 0 Å². The van der Waals surface area contributed by atoms with Gasteiger partial charge >= 0.3 is 5.97 Å². The molecular formula is C14H19N3O3. The van der Waals surface area contributed by atoms with Crippen LogP contribution in [0.5, 0.6) is 0 Å². The predicted octanol–water partition coefficient (Wildman–Crippen LogP) is 0.994. The van der Waals surface area contributed by atoms with Crippen molar-refractivity contribution in [3.8, 4) is 0 Å². The summed E-state index contributed by atoms with van der Waals surface area (Å²) in [5.41, 5.74) is 0.333. The lowest BCUT2D eigenvalue weighted by Gasteiger charge is -2.32. The number of piperidine rings is 1. The molecule has 108 valence electrons. The number of aromatic carboxylic acids is 1. The van der Waals surface area contributed by atoms with E-state index in [-0.39, 0.29) is 17.6 Å². The van der Waals surface area contributed by atoms with Crippen molar-refractivity contribution < 1.29 is 14.7 Å². The van der Waals surface area contributed by atoms with E-state index in [2.05, 4.69) is 22.1 Å². The van der Waals surface area contributed by atoms with Crippen molar-refractivity contribution in [2.75, 3.05) is 19.6 Å². The van der Waals surface area contributed by atoms with Gasteiger partial charge in [0.05, 0.1) is 5.56 Å². The molecule has 0 aromatic carbocycles. The van der Waals surface area contributed by atoms with Crippen LogP contribution in [-0.4, -0.2) is 52.5 Å². The molecule has 1 unspecified atom stereocenters. The van der Waals surface area contributed by atoms with E-state index in [1.165, 1.54) is 18.3 Å². The zero-order valence-corrected chi connectivity index (χ0v) is 11.5. The van der Waals surface area contributed by atoms with Gasteiger partial charge in [-0.05, 0) is 38.1 Å². The summed E-state index contributed by atoms with van der Waals surface area (Å²) >= 11 is 0. The molecule has 0 saturated carbocycles. The lowest BCUT2D eigenvalue weighted by atomic mass is 10.1. The SMILES string of the molecule is CCN1CCCC(NC(=O)c2ccc(C(=O)O)nc2)C1. The van der Waals surface area contributed by atoms with Gasteiger partial charge in [0.1, 0.15) is 5.69 Å². The van der Waals surface area contributed by atoms with Crippen LogP contribution in [0.3, 0.4) is 0 Å².